The molecule has 0 aliphatic carbocycles. The summed E-state index contributed by atoms with van der Waals surface area (Å²) in [6, 6.07) is 10.4. The molecule has 0 saturated carbocycles. The second-order valence-corrected chi connectivity index (χ2v) is 8.40. The fraction of sp³-hybridized carbons (Fsp3) is 0.476. The second kappa shape index (κ2) is 9.30. The number of hydrogen-bond donors (Lipinski definition) is 0. The molecule has 30 heavy (non-hydrogen) atoms. The summed E-state index contributed by atoms with van der Waals surface area (Å²) in [6.45, 7) is 7.20. The van der Waals surface area contributed by atoms with Crippen molar-refractivity contribution >= 4 is 28.6 Å². The van der Waals surface area contributed by atoms with E-state index in [0.717, 1.165) is 87.0 Å². The predicted octanol–water partition coefficient (Wildman–Crippen LogP) is 2.24. The van der Waals surface area contributed by atoms with Crippen molar-refractivity contribution in [2.75, 3.05) is 57.5 Å². The first kappa shape index (κ1) is 19.7. The van der Waals surface area contributed by atoms with Crippen molar-refractivity contribution in [2.45, 2.75) is 17.6 Å². The Hall–Kier alpha value is -2.20. The highest BCUT2D eigenvalue weighted by Crippen LogP contribution is 2.29. The van der Waals surface area contributed by atoms with Crippen LogP contribution in [0, 0.1) is 0 Å². The lowest BCUT2D eigenvalue weighted by Gasteiger charge is -2.28. The third kappa shape index (κ3) is 4.44. The van der Waals surface area contributed by atoms with Gasteiger partial charge in [-0.2, -0.15) is 5.10 Å². The maximum absolute atomic E-state index is 5.54. The molecule has 8 nitrogen and oxygen atoms in total. The quantitative estimate of drug-likeness (QED) is 0.439. The molecule has 0 N–H and O–H groups in total. The van der Waals surface area contributed by atoms with Crippen LogP contribution in [0.25, 0.3) is 11.0 Å². The van der Waals surface area contributed by atoms with Crippen molar-refractivity contribution in [3.8, 4) is 0 Å². The molecule has 0 amide bonds. The molecular weight excluding hydrogens is 400 g/mol. The SMILES string of the molecule is c1ccc(CSc2nc(N3CCOCC3)c3cnn(CN4CCOCC4)c3n2)cc1. The zero-order chi connectivity index (χ0) is 20.2. The number of benzene rings is 1. The second-order valence-electron chi connectivity index (χ2n) is 7.46. The Morgan fingerprint density at radius 3 is 2.40 bits per heavy atom. The molecule has 0 radical (unpaired) electrons. The maximum atomic E-state index is 5.54. The molecule has 2 aliphatic rings. The first-order valence-corrected chi connectivity index (χ1v) is 11.4. The van der Waals surface area contributed by atoms with E-state index in [4.69, 9.17) is 19.4 Å². The zero-order valence-electron chi connectivity index (χ0n) is 16.9. The lowest BCUT2D eigenvalue weighted by molar-refractivity contribution is 0.0220. The molecule has 4 heterocycles. The highest BCUT2D eigenvalue weighted by Gasteiger charge is 2.21. The lowest BCUT2D eigenvalue weighted by Crippen LogP contribution is -2.38. The Labute approximate surface area is 180 Å². The van der Waals surface area contributed by atoms with E-state index in [1.54, 1.807) is 11.8 Å². The molecule has 0 unspecified atom stereocenters. The van der Waals surface area contributed by atoms with E-state index < -0.39 is 0 Å². The number of anilines is 1. The van der Waals surface area contributed by atoms with Gasteiger partial charge >= 0.3 is 0 Å². The molecule has 2 aliphatic heterocycles. The molecule has 0 atom stereocenters. The topological polar surface area (TPSA) is 68.5 Å². The van der Waals surface area contributed by atoms with Crippen LogP contribution < -0.4 is 4.90 Å². The molecule has 2 aromatic heterocycles. The van der Waals surface area contributed by atoms with Gasteiger partial charge in [-0.05, 0) is 5.56 Å². The normalized spacial score (nSPS) is 18.2. The van der Waals surface area contributed by atoms with Crippen LogP contribution in [0.15, 0.2) is 41.7 Å². The molecule has 0 spiro atoms. The van der Waals surface area contributed by atoms with Gasteiger partial charge in [-0.25, -0.2) is 14.6 Å². The van der Waals surface area contributed by atoms with Gasteiger partial charge in [0.2, 0.25) is 0 Å². The largest absolute Gasteiger partial charge is 0.379 e. The van der Waals surface area contributed by atoms with Gasteiger partial charge in [-0.15, -0.1) is 0 Å². The van der Waals surface area contributed by atoms with Crippen molar-refractivity contribution in [3.63, 3.8) is 0 Å². The van der Waals surface area contributed by atoms with Crippen LogP contribution >= 0.6 is 11.8 Å². The third-order valence-electron chi connectivity index (χ3n) is 5.41. The number of fused-ring (bicyclic) bond motifs is 1. The molecule has 1 aromatic carbocycles. The van der Waals surface area contributed by atoms with Crippen molar-refractivity contribution in [2.24, 2.45) is 0 Å². The van der Waals surface area contributed by atoms with Gasteiger partial charge in [-0.3, -0.25) is 4.90 Å². The summed E-state index contributed by atoms with van der Waals surface area (Å²) >= 11 is 1.67. The first-order chi connectivity index (χ1) is 14.9. The molecular formula is C21H26N6O2S. The molecule has 3 aromatic rings. The Balaban J connectivity index is 1.46. The van der Waals surface area contributed by atoms with Gasteiger partial charge in [0, 0.05) is 31.9 Å². The summed E-state index contributed by atoms with van der Waals surface area (Å²) in [4.78, 5) is 14.5. The monoisotopic (exact) mass is 426 g/mol. The van der Waals surface area contributed by atoms with Crippen molar-refractivity contribution in [3.05, 3.63) is 42.1 Å². The highest BCUT2D eigenvalue weighted by atomic mass is 32.2. The highest BCUT2D eigenvalue weighted by molar-refractivity contribution is 7.98. The summed E-state index contributed by atoms with van der Waals surface area (Å²) in [6.07, 6.45) is 1.91. The average molecular weight is 427 g/mol. The number of morpholine rings is 2. The summed E-state index contributed by atoms with van der Waals surface area (Å²) in [5.41, 5.74) is 2.16. The van der Waals surface area contributed by atoms with Crippen molar-refractivity contribution in [1.82, 2.24) is 24.6 Å². The predicted molar refractivity (Wildman–Crippen MR) is 117 cm³/mol. The molecule has 158 valence electrons. The van der Waals surface area contributed by atoms with E-state index in [1.165, 1.54) is 5.56 Å². The molecule has 2 saturated heterocycles. The van der Waals surface area contributed by atoms with Crippen molar-refractivity contribution < 1.29 is 9.47 Å². The maximum Gasteiger partial charge on any atom is 0.191 e. The summed E-state index contributed by atoms with van der Waals surface area (Å²) < 4.78 is 13.0. The van der Waals surface area contributed by atoms with Crippen LogP contribution in [-0.4, -0.2) is 77.3 Å². The standard InChI is InChI=1S/C21H26N6O2S/c1-2-4-17(5-3-1)15-30-21-23-19(26-8-12-29-13-9-26)18-14-22-27(20(18)24-21)16-25-6-10-28-11-7-25/h1-5,14H,6-13,15-16H2. The number of rotatable bonds is 6. The minimum absolute atomic E-state index is 0.717. The van der Waals surface area contributed by atoms with Crippen LogP contribution in [0.2, 0.25) is 0 Å². The average Bonchev–Trinajstić information content (AvgIpc) is 3.22. The number of nitrogens with zero attached hydrogens (tertiary/aromatic N) is 6. The van der Waals surface area contributed by atoms with Crippen molar-refractivity contribution in [1.29, 1.82) is 0 Å². The van der Waals surface area contributed by atoms with Crippen LogP contribution in [0.4, 0.5) is 5.82 Å². The third-order valence-corrected chi connectivity index (χ3v) is 6.33. The minimum atomic E-state index is 0.717. The molecule has 0 bridgehead atoms. The number of thioether (sulfide) groups is 1. The fourth-order valence-corrected chi connectivity index (χ4v) is 4.55. The van der Waals surface area contributed by atoms with Crippen LogP contribution in [0.5, 0.6) is 0 Å². The summed E-state index contributed by atoms with van der Waals surface area (Å²) in [5, 5.41) is 6.47. The van der Waals surface area contributed by atoms with E-state index >= 15 is 0 Å². The summed E-state index contributed by atoms with van der Waals surface area (Å²) in [5.74, 6) is 1.80. The van der Waals surface area contributed by atoms with Gasteiger partial charge in [0.15, 0.2) is 10.8 Å². The Morgan fingerprint density at radius 1 is 0.900 bits per heavy atom. The number of hydrogen-bond acceptors (Lipinski definition) is 8. The van der Waals surface area contributed by atoms with Crippen LogP contribution in [0.3, 0.4) is 0 Å². The molecule has 9 heteroatoms. The lowest BCUT2D eigenvalue weighted by atomic mass is 10.2. The van der Waals surface area contributed by atoms with Gasteiger partial charge in [0.05, 0.1) is 44.7 Å². The fourth-order valence-electron chi connectivity index (χ4n) is 3.76. The molecule has 2 fully saturated rings. The summed E-state index contributed by atoms with van der Waals surface area (Å²) in [7, 11) is 0. The van der Waals surface area contributed by atoms with E-state index in [1.807, 2.05) is 16.9 Å². The number of ether oxygens (including phenoxy) is 2. The first-order valence-electron chi connectivity index (χ1n) is 10.4. The minimum Gasteiger partial charge on any atom is -0.379 e. The van der Waals surface area contributed by atoms with E-state index in [9.17, 15) is 0 Å². The van der Waals surface area contributed by atoms with E-state index in [0.29, 0.717) is 0 Å². The van der Waals surface area contributed by atoms with Crippen LogP contribution in [-0.2, 0) is 21.9 Å². The van der Waals surface area contributed by atoms with E-state index in [2.05, 4.69) is 39.2 Å². The van der Waals surface area contributed by atoms with Gasteiger partial charge in [0.25, 0.3) is 0 Å². The number of aromatic nitrogens is 4. The van der Waals surface area contributed by atoms with Gasteiger partial charge in [-0.1, -0.05) is 42.1 Å². The van der Waals surface area contributed by atoms with Gasteiger partial charge < -0.3 is 14.4 Å². The molecule has 5 rings (SSSR count). The Morgan fingerprint density at radius 2 is 1.63 bits per heavy atom. The van der Waals surface area contributed by atoms with Gasteiger partial charge in [0.1, 0.15) is 5.82 Å². The zero-order valence-corrected chi connectivity index (χ0v) is 17.8. The Kier molecular flexibility index (Phi) is 6.12. The Bertz CT molecular complexity index is 970. The smallest absolute Gasteiger partial charge is 0.191 e. The van der Waals surface area contributed by atoms with Crippen LogP contribution in [0.1, 0.15) is 5.56 Å². The van der Waals surface area contributed by atoms with E-state index in [-0.39, 0.29) is 0 Å².